The Morgan fingerprint density at radius 1 is 1.07 bits per heavy atom. The number of hydrogen-bond donors (Lipinski definition) is 0. The molecule has 3 heterocycles. The highest BCUT2D eigenvalue weighted by Gasteiger charge is 2.12. The minimum absolute atomic E-state index is 0.456. The predicted octanol–water partition coefficient (Wildman–Crippen LogP) is 3.94. The van der Waals surface area contributed by atoms with Gasteiger partial charge in [-0.3, -0.25) is 14.9 Å². The first-order valence-electron chi connectivity index (χ1n) is 9.65. The quantitative estimate of drug-likeness (QED) is 0.565. The van der Waals surface area contributed by atoms with Gasteiger partial charge in [-0.1, -0.05) is 12.1 Å². The monoisotopic (exact) mass is 395 g/mol. The van der Waals surface area contributed by atoms with Crippen molar-refractivity contribution < 1.29 is 9.47 Å². The molecule has 146 valence electrons. The van der Waals surface area contributed by atoms with Crippen molar-refractivity contribution in [3.63, 3.8) is 0 Å². The molecule has 4 rings (SSSR count). The summed E-state index contributed by atoms with van der Waals surface area (Å²) in [6, 6.07) is 12.0. The molecular formula is C22H25N3O2S. The fourth-order valence-electron chi connectivity index (χ4n) is 3.31. The van der Waals surface area contributed by atoms with E-state index < -0.39 is 0 Å². The largest absolute Gasteiger partial charge is 0.487 e. The Hall–Kier alpha value is -2.15. The number of morpholine rings is 1. The van der Waals surface area contributed by atoms with E-state index in [-0.39, 0.29) is 0 Å². The maximum Gasteiger partial charge on any atom is 0.131 e. The molecule has 0 amide bonds. The molecule has 1 aliphatic heterocycles. The van der Waals surface area contributed by atoms with Crippen molar-refractivity contribution >= 4 is 22.7 Å². The third-order valence-electron chi connectivity index (χ3n) is 5.00. The van der Waals surface area contributed by atoms with Gasteiger partial charge < -0.3 is 9.47 Å². The molecule has 0 bridgehead atoms. The van der Waals surface area contributed by atoms with Gasteiger partial charge in [-0.2, -0.15) is 0 Å². The maximum atomic E-state index is 6.11. The molecule has 5 nitrogen and oxygen atoms in total. The third-order valence-corrected chi connectivity index (χ3v) is 6.14. The summed E-state index contributed by atoms with van der Waals surface area (Å²) in [6.45, 7) is 7.45. The number of nitrogens with zero attached hydrogens (tertiary/aromatic N) is 3. The molecule has 0 radical (unpaired) electrons. The van der Waals surface area contributed by atoms with Gasteiger partial charge in [0.05, 0.1) is 24.4 Å². The lowest BCUT2D eigenvalue weighted by molar-refractivity contribution is 0.0410. The smallest absolute Gasteiger partial charge is 0.131 e. The Morgan fingerprint density at radius 3 is 2.79 bits per heavy atom. The number of aromatic nitrogens is 2. The first-order valence-corrected chi connectivity index (χ1v) is 10.6. The van der Waals surface area contributed by atoms with Crippen LogP contribution in [0.2, 0.25) is 0 Å². The topological polar surface area (TPSA) is 47.5 Å². The summed E-state index contributed by atoms with van der Waals surface area (Å²) in [7, 11) is 0. The van der Waals surface area contributed by atoms with Crippen LogP contribution < -0.4 is 4.74 Å². The SMILES string of the molecule is Cc1c(SCCN2CCOCC2)ccnc1COc1ccnc2ccccc12. The van der Waals surface area contributed by atoms with Crippen LogP contribution in [0.3, 0.4) is 0 Å². The van der Waals surface area contributed by atoms with Crippen LogP contribution >= 0.6 is 11.8 Å². The highest BCUT2D eigenvalue weighted by molar-refractivity contribution is 7.99. The summed E-state index contributed by atoms with van der Waals surface area (Å²) >= 11 is 1.89. The minimum Gasteiger partial charge on any atom is -0.487 e. The van der Waals surface area contributed by atoms with E-state index in [1.165, 1.54) is 10.5 Å². The summed E-state index contributed by atoms with van der Waals surface area (Å²) in [5.41, 5.74) is 3.13. The normalized spacial score (nSPS) is 15.0. The van der Waals surface area contributed by atoms with Crippen LogP contribution in [0.5, 0.6) is 5.75 Å². The van der Waals surface area contributed by atoms with E-state index in [4.69, 9.17) is 9.47 Å². The van der Waals surface area contributed by atoms with Crippen LogP contribution in [-0.2, 0) is 11.3 Å². The summed E-state index contributed by atoms with van der Waals surface area (Å²) < 4.78 is 11.5. The number of fused-ring (bicyclic) bond motifs is 1. The van der Waals surface area contributed by atoms with E-state index in [1.807, 2.05) is 48.3 Å². The summed E-state index contributed by atoms with van der Waals surface area (Å²) in [4.78, 5) is 12.7. The number of ether oxygens (including phenoxy) is 2. The summed E-state index contributed by atoms with van der Waals surface area (Å²) in [5, 5.41) is 1.03. The molecule has 1 aliphatic rings. The molecule has 1 aromatic carbocycles. The standard InChI is InChI=1S/C22H25N3O2S/c1-17-20(16-27-21-6-8-23-19-5-3-2-4-18(19)21)24-9-7-22(17)28-15-12-25-10-13-26-14-11-25/h2-9H,10-16H2,1H3. The number of pyridine rings is 2. The highest BCUT2D eigenvalue weighted by atomic mass is 32.2. The number of hydrogen-bond acceptors (Lipinski definition) is 6. The fourth-order valence-corrected chi connectivity index (χ4v) is 4.37. The Labute approximate surface area is 170 Å². The van der Waals surface area contributed by atoms with E-state index >= 15 is 0 Å². The Balaban J connectivity index is 1.39. The molecule has 0 N–H and O–H groups in total. The molecule has 6 heteroatoms. The molecule has 3 aromatic rings. The van der Waals surface area contributed by atoms with Crippen molar-refractivity contribution in [2.45, 2.75) is 18.4 Å². The molecule has 0 atom stereocenters. The molecule has 0 unspecified atom stereocenters. The van der Waals surface area contributed by atoms with Crippen LogP contribution in [0.1, 0.15) is 11.3 Å². The lowest BCUT2D eigenvalue weighted by Gasteiger charge is -2.26. The van der Waals surface area contributed by atoms with Crippen molar-refractivity contribution in [1.82, 2.24) is 14.9 Å². The van der Waals surface area contributed by atoms with Crippen LogP contribution in [0.25, 0.3) is 10.9 Å². The Bertz CT molecular complexity index is 923. The van der Waals surface area contributed by atoms with E-state index in [1.54, 1.807) is 6.20 Å². The maximum absolute atomic E-state index is 6.11. The zero-order valence-corrected chi connectivity index (χ0v) is 17.0. The number of thioether (sulfide) groups is 1. The fraction of sp³-hybridized carbons (Fsp3) is 0.364. The van der Waals surface area contributed by atoms with E-state index in [9.17, 15) is 0 Å². The second kappa shape index (κ2) is 9.37. The van der Waals surface area contributed by atoms with Crippen molar-refractivity contribution in [3.05, 3.63) is 60.0 Å². The van der Waals surface area contributed by atoms with Crippen LogP contribution in [-0.4, -0.2) is 53.5 Å². The van der Waals surface area contributed by atoms with Crippen LogP contribution in [0.15, 0.2) is 53.7 Å². The number of para-hydroxylation sites is 1. The predicted molar refractivity (Wildman–Crippen MR) is 113 cm³/mol. The van der Waals surface area contributed by atoms with Gasteiger partial charge in [0.2, 0.25) is 0 Å². The molecule has 0 aliphatic carbocycles. The van der Waals surface area contributed by atoms with Crippen molar-refractivity contribution in [3.8, 4) is 5.75 Å². The van der Waals surface area contributed by atoms with Crippen LogP contribution in [0, 0.1) is 6.92 Å². The van der Waals surface area contributed by atoms with E-state index in [2.05, 4.69) is 27.9 Å². The number of benzene rings is 1. The lowest BCUT2D eigenvalue weighted by Crippen LogP contribution is -2.37. The van der Waals surface area contributed by atoms with Gasteiger partial charge >= 0.3 is 0 Å². The van der Waals surface area contributed by atoms with Gasteiger partial charge in [-0.25, -0.2) is 0 Å². The second-order valence-corrected chi connectivity index (χ2v) is 7.93. The van der Waals surface area contributed by atoms with Gasteiger partial charge in [-0.15, -0.1) is 11.8 Å². The average molecular weight is 396 g/mol. The van der Waals surface area contributed by atoms with Gasteiger partial charge in [0.1, 0.15) is 12.4 Å². The minimum atomic E-state index is 0.456. The lowest BCUT2D eigenvalue weighted by atomic mass is 10.2. The zero-order chi connectivity index (χ0) is 19.2. The Kier molecular flexibility index (Phi) is 6.41. The average Bonchev–Trinajstić information content (AvgIpc) is 2.75. The van der Waals surface area contributed by atoms with Gasteiger partial charge in [-0.05, 0) is 36.8 Å². The van der Waals surface area contributed by atoms with Gasteiger partial charge in [0.15, 0.2) is 0 Å². The molecule has 0 saturated carbocycles. The first kappa shape index (κ1) is 19.2. The van der Waals surface area contributed by atoms with Crippen molar-refractivity contribution in [1.29, 1.82) is 0 Å². The zero-order valence-electron chi connectivity index (χ0n) is 16.1. The molecular weight excluding hydrogens is 370 g/mol. The highest BCUT2D eigenvalue weighted by Crippen LogP contribution is 2.27. The first-order chi connectivity index (χ1) is 13.8. The van der Waals surface area contributed by atoms with Gasteiger partial charge in [0, 0.05) is 48.1 Å². The summed E-state index contributed by atoms with van der Waals surface area (Å²) in [5.74, 6) is 1.91. The molecule has 0 spiro atoms. The van der Waals surface area contributed by atoms with Crippen LogP contribution in [0.4, 0.5) is 0 Å². The Morgan fingerprint density at radius 2 is 1.89 bits per heavy atom. The summed E-state index contributed by atoms with van der Waals surface area (Å²) in [6.07, 6.45) is 3.67. The van der Waals surface area contributed by atoms with Gasteiger partial charge in [0.25, 0.3) is 0 Å². The second-order valence-electron chi connectivity index (χ2n) is 6.80. The molecule has 28 heavy (non-hydrogen) atoms. The third kappa shape index (κ3) is 4.63. The van der Waals surface area contributed by atoms with E-state index in [0.29, 0.717) is 6.61 Å². The molecule has 2 aromatic heterocycles. The number of rotatable bonds is 7. The van der Waals surface area contributed by atoms with Crippen molar-refractivity contribution in [2.24, 2.45) is 0 Å². The molecule has 1 saturated heterocycles. The molecule has 1 fully saturated rings. The van der Waals surface area contributed by atoms with E-state index in [0.717, 1.165) is 60.9 Å². The van der Waals surface area contributed by atoms with Crippen molar-refractivity contribution in [2.75, 3.05) is 38.6 Å².